The number of carbonyl (C=O) groups excluding carboxylic acids is 1. The van der Waals surface area contributed by atoms with Gasteiger partial charge in [-0.15, -0.1) is 0 Å². The fraction of sp³-hybridized carbons (Fsp3) is 0.263. The lowest BCUT2D eigenvalue weighted by Gasteiger charge is -2.17. The van der Waals surface area contributed by atoms with E-state index in [1.165, 1.54) is 12.1 Å². The van der Waals surface area contributed by atoms with Crippen molar-refractivity contribution in [3.05, 3.63) is 63.6 Å². The van der Waals surface area contributed by atoms with E-state index in [0.29, 0.717) is 34.4 Å². The van der Waals surface area contributed by atoms with Crippen molar-refractivity contribution in [2.24, 2.45) is 5.92 Å². The highest BCUT2D eigenvalue weighted by Gasteiger charge is 2.24. The van der Waals surface area contributed by atoms with Crippen molar-refractivity contribution >= 4 is 35.1 Å². The normalized spacial score (nSPS) is 11.9. The Labute approximate surface area is 161 Å². The third kappa shape index (κ3) is 5.38. The molecule has 138 valence electrons. The molecule has 0 saturated carbocycles. The SMILES string of the molecule is CC(C)COc1ccc(C(=O)C(NC(=O)O)c2ccc(Cl)c(Cl)c2)cc1. The molecule has 2 N–H and O–H groups in total. The molecule has 0 heterocycles. The molecular formula is C19H19Cl2NO4. The molecule has 0 aromatic heterocycles. The number of hydrogen-bond donors (Lipinski definition) is 2. The molecule has 0 radical (unpaired) electrons. The third-order valence-corrected chi connectivity index (χ3v) is 4.27. The van der Waals surface area contributed by atoms with Gasteiger partial charge in [-0.2, -0.15) is 0 Å². The van der Waals surface area contributed by atoms with E-state index in [4.69, 9.17) is 33.0 Å². The van der Waals surface area contributed by atoms with Crippen molar-refractivity contribution in [2.75, 3.05) is 6.61 Å². The second-order valence-corrected chi connectivity index (χ2v) is 6.96. The summed E-state index contributed by atoms with van der Waals surface area (Å²) in [4.78, 5) is 23.9. The highest BCUT2D eigenvalue weighted by molar-refractivity contribution is 6.42. The van der Waals surface area contributed by atoms with Crippen LogP contribution >= 0.6 is 23.2 Å². The summed E-state index contributed by atoms with van der Waals surface area (Å²) >= 11 is 11.9. The van der Waals surface area contributed by atoms with Gasteiger partial charge in [0.05, 0.1) is 16.7 Å². The Kier molecular flexibility index (Phi) is 6.89. The first-order valence-corrected chi connectivity index (χ1v) is 8.75. The lowest BCUT2D eigenvalue weighted by molar-refractivity contribution is 0.0936. The first-order valence-electron chi connectivity index (χ1n) is 7.99. The molecule has 0 saturated heterocycles. The van der Waals surface area contributed by atoms with Crippen LogP contribution in [0, 0.1) is 5.92 Å². The molecule has 7 heteroatoms. The zero-order chi connectivity index (χ0) is 19.3. The summed E-state index contributed by atoms with van der Waals surface area (Å²) in [6.07, 6.45) is -1.31. The van der Waals surface area contributed by atoms with Crippen LogP contribution < -0.4 is 10.1 Å². The van der Waals surface area contributed by atoms with Gasteiger partial charge in [-0.05, 0) is 47.9 Å². The fourth-order valence-electron chi connectivity index (χ4n) is 2.26. The van der Waals surface area contributed by atoms with Crippen LogP contribution in [0.5, 0.6) is 5.75 Å². The average molecular weight is 396 g/mol. The van der Waals surface area contributed by atoms with Crippen LogP contribution in [0.1, 0.15) is 35.8 Å². The van der Waals surface area contributed by atoms with E-state index < -0.39 is 17.9 Å². The average Bonchev–Trinajstić information content (AvgIpc) is 2.60. The number of hydrogen-bond acceptors (Lipinski definition) is 3. The van der Waals surface area contributed by atoms with Gasteiger partial charge in [-0.3, -0.25) is 4.79 Å². The minimum atomic E-state index is -1.31. The number of benzene rings is 2. The third-order valence-electron chi connectivity index (χ3n) is 3.53. The Morgan fingerprint density at radius 1 is 1.08 bits per heavy atom. The minimum absolute atomic E-state index is 0.242. The standard InChI is InChI=1S/C19H19Cl2NO4/c1-11(2)10-26-14-6-3-12(4-7-14)18(23)17(22-19(24)25)13-5-8-15(20)16(21)9-13/h3-9,11,17,22H,10H2,1-2H3,(H,24,25). The first kappa shape index (κ1) is 20.1. The number of amides is 1. The van der Waals surface area contributed by atoms with Gasteiger partial charge < -0.3 is 15.2 Å². The van der Waals surface area contributed by atoms with Gasteiger partial charge >= 0.3 is 6.09 Å². The largest absolute Gasteiger partial charge is 0.493 e. The summed E-state index contributed by atoms with van der Waals surface area (Å²) in [5.74, 6) is 0.629. The smallest absolute Gasteiger partial charge is 0.405 e. The summed E-state index contributed by atoms with van der Waals surface area (Å²) in [6.45, 7) is 4.65. The molecule has 26 heavy (non-hydrogen) atoms. The predicted molar refractivity (Wildman–Crippen MR) is 101 cm³/mol. The molecule has 0 aliphatic heterocycles. The number of nitrogens with one attached hydrogen (secondary N) is 1. The molecule has 2 rings (SSSR count). The maximum atomic E-state index is 12.8. The first-order chi connectivity index (χ1) is 12.3. The lowest BCUT2D eigenvalue weighted by Crippen LogP contribution is -2.32. The van der Waals surface area contributed by atoms with E-state index in [1.54, 1.807) is 30.3 Å². The molecule has 0 bridgehead atoms. The van der Waals surface area contributed by atoms with Crippen molar-refractivity contribution in [1.82, 2.24) is 5.32 Å². The molecule has 1 atom stereocenters. The zero-order valence-electron chi connectivity index (χ0n) is 14.3. The number of ether oxygens (including phenoxy) is 1. The Morgan fingerprint density at radius 3 is 2.27 bits per heavy atom. The molecule has 5 nitrogen and oxygen atoms in total. The van der Waals surface area contributed by atoms with E-state index >= 15 is 0 Å². The van der Waals surface area contributed by atoms with E-state index in [0.717, 1.165) is 0 Å². The molecule has 1 amide bonds. The van der Waals surface area contributed by atoms with E-state index in [1.807, 2.05) is 13.8 Å². The van der Waals surface area contributed by atoms with Crippen molar-refractivity contribution in [1.29, 1.82) is 0 Å². The second kappa shape index (κ2) is 8.92. The van der Waals surface area contributed by atoms with Gasteiger partial charge in [-0.25, -0.2) is 4.79 Å². The van der Waals surface area contributed by atoms with Crippen LogP contribution in [0.2, 0.25) is 10.0 Å². The predicted octanol–water partition coefficient (Wildman–Crippen LogP) is 5.22. The van der Waals surface area contributed by atoms with Gasteiger partial charge in [0, 0.05) is 5.56 Å². The fourth-order valence-corrected chi connectivity index (χ4v) is 2.57. The molecule has 2 aromatic rings. The molecule has 2 aromatic carbocycles. The highest BCUT2D eigenvalue weighted by atomic mass is 35.5. The van der Waals surface area contributed by atoms with Crippen molar-refractivity contribution < 1.29 is 19.4 Å². The summed E-state index contributed by atoms with van der Waals surface area (Å²) < 4.78 is 5.59. The van der Waals surface area contributed by atoms with Gasteiger partial charge in [0.25, 0.3) is 0 Å². The van der Waals surface area contributed by atoms with Gasteiger partial charge in [0.15, 0.2) is 5.78 Å². The lowest BCUT2D eigenvalue weighted by atomic mass is 9.97. The van der Waals surface area contributed by atoms with Crippen LogP contribution in [0.15, 0.2) is 42.5 Å². The number of Topliss-reactive ketones (excluding diaryl/α,β-unsaturated/α-hetero) is 1. The minimum Gasteiger partial charge on any atom is -0.493 e. The summed E-state index contributed by atoms with van der Waals surface area (Å²) in [6, 6.07) is 10.0. The van der Waals surface area contributed by atoms with E-state index in [-0.39, 0.29) is 5.02 Å². The number of halogens is 2. The Hall–Kier alpha value is -2.24. The zero-order valence-corrected chi connectivity index (χ0v) is 15.8. The maximum Gasteiger partial charge on any atom is 0.405 e. The monoisotopic (exact) mass is 395 g/mol. The molecule has 0 aliphatic rings. The molecule has 0 spiro atoms. The molecular weight excluding hydrogens is 377 g/mol. The van der Waals surface area contributed by atoms with Crippen LogP contribution in [-0.4, -0.2) is 23.6 Å². The molecule has 0 fully saturated rings. The number of ketones is 1. The summed E-state index contributed by atoms with van der Waals surface area (Å²) in [7, 11) is 0. The van der Waals surface area contributed by atoms with Crippen LogP contribution in [0.3, 0.4) is 0 Å². The van der Waals surface area contributed by atoms with Gasteiger partial charge in [-0.1, -0.05) is 43.1 Å². The van der Waals surface area contributed by atoms with Crippen molar-refractivity contribution in [2.45, 2.75) is 19.9 Å². The summed E-state index contributed by atoms with van der Waals surface area (Å²) in [5, 5.41) is 11.9. The highest BCUT2D eigenvalue weighted by Crippen LogP contribution is 2.28. The number of rotatable bonds is 7. The quantitative estimate of drug-likeness (QED) is 0.630. The van der Waals surface area contributed by atoms with Crippen molar-refractivity contribution in [3.63, 3.8) is 0 Å². The molecule has 1 unspecified atom stereocenters. The van der Waals surface area contributed by atoms with Crippen LogP contribution in [0.4, 0.5) is 4.79 Å². The van der Waals surface area contributed by atoms with Crippen molar-refractivity contribution in [3.8, 4) is 5.75 Å². The van der Waals surface area contributed by atoms with E-state index in [2.05, 4.69) is 5.32 Å². The Morgan fingerprint density at radius 2 is 1.73 bits per heavy atom. The molecule has 0 aliphatic carbocycles. The van der Waals surface area contributed by atoms with Crippen LogP contribution in [0.25, 0.3) is 0 Å². The topological polar surface area (TPSA) is 75.6 Å². The van der Waals surface area contributed by atoms with Gasteiger partial charge in [0.2, 0.25) is 0 Å². The number of carboxylic acid groups (broad SMARTS) is 1. The Bertz CT molecular complexity index is 791. The number of carbonyl (C=O) groups is 2. The van der Waals surface area contributed by atoms with Crippen LogP contribution in [-0.2, 0) is 0 Å². The maximum absolute atomic E-state index is 12.8. The second-order valence-electron chi connectivity index (χ2n) is 6.15. The Balaban J connectivity index is 2.25. The van der Waals surface area contributed by atoms with E-state index in [9.17, 15) is 9.59 Å². The summed E-state index contributed by atoms with van der Waals surface area (Å²) in [5.41, 5.74) is 0.763. The van der Waals surface area contributed by atoms with Gasteiger partial charge in [0.1, 0.15) is 11.8 Å².